The van der Waals surface area contributed by atoms with Crippen LogP contribution in [0.3, 0.4) is 0 Å². The third-order valence-corrected chi connectivity index (χ3v) is 6.49. The number of nitrogens with zero attached hydrogens (tertiary/aromatic N) is 4. The number of ether oxygens (including phenoxy) is 1. The fourth-order valence-electron chi connectivity index (χ4n) is 4.59. The third kappa shape index (κ3) is 4.50. The summed E-state index contributed by atoms with van der Waals surface area (Å²) < 4.78 is 13.1. The molecule has 2 aromatic heterocycles. The van der Waals surface area contributed by atoms with Crippen LogP contribution in [0.2, 0.25) is 0 Å². The maximum absolute atomic E-state index is 13.7. The van der Waals surface area contributed by atoms with Crippen molar-refractivity contribution >= 4 is 5.91 Å². The molecular weight excluding hydrogens is 408 g/mol. The Morgan fingerprint density at radius 1 is 1.19 bits per heavy atom. The lowest BCUT2D eigenvalue weighted by Gasteiger charge is -2.35. The van der Waals surface area contributed by atoms with Gasteiger partial charge in [-0.3, -0.25) is 14.5 Å². The van der Waals surface area contributed by atoms with E-state index in [1.807, 2.05) is 24.8 Å². The van der Waals surface area contributed by atoms with Crippen molar-refractivity contribution in [1.82, 2.24) is 19.5 Å². The van der Waals surface area contributed by atoms with Gasteiger partial charge in [-0.25, -0.2) is 0 Å². The molecule has 0 unspecified atom stereocenters. The topological polar surface area (TPSA) is 80.8 Å². The minimum Gasteiger partial charge on any atom is -0.488 e. The van der Waals surface area contributed by atoms with Gasteiger partial charge in [0, 0.05) is 51.0 Å². The molecule has 32 heavy (non-hydrogen) atoms. The molecule has 0 aromatic carbocycles. The first-order valence-electron chi connectivity index (χ1n) is 11.4. The summed E-state index contributed by atoms with van der Waals surface area (Å²) in [7, 11) is 0. The van der Waals surface area contributed by atoms with E-state index in [1.54, 1.807) is 4.57 Å². The van der Waals surface area contributed by atoms with Gasteiger partial charge in [0.25, 0.3) is 11.5 Å². The number of pyridine rings is 1. The number of amides is 1. The molecule has 0 spiro atoms. The van der Waals surface area contributed by atoms with Gasteiger partial charge < -0.3 is 18.7 Å². The molecule has 1 fully saturated rings. The predicted octanol–water partition coefficient (Wildman–Crippen LogP) is 2.70. The Kier molecular flexibility index (Phi) is 6.79. The molecule has 0 aliphatic carbocycles. The Bertz CT molecular complexity index is 1030. The van der Waals surface area contributed by atoms with Crippen LogP contribution in [0.5, 0.6) is 5.75 Å². The van der Waals surface area contributed by atoms with Crippen LogP contribution in [-0.4, -0.2) is 58.2 Å². The van der Waals surface area contributed by atoms with E-state index in [-0.39, 0.29) is 18.1 Å². The standard InChI is InChI=1S/C24H32N4O4/c1-4-9-26-11-13-27(14-12-26)24(30)23-20-8-6-5-7-10-28(20)22(29)15-21(23)31-16-19-17(2)25-32-18(19)3/h4,15H,1,5-14,16H2,2-3H3. The van der Waals surface area contributed by atoms with Crippen LogP contribution in [0, 0.1) is 13.8 Å². The van der Waals surface area contributed by atoms with Crippen LogP contribution in [0.15, 0.2) is 28.0 Å². The highest BCUT2D eigenvalue weighted by Gasteiger charge is 2.29. The molecule has 8 heteroatoms. The monoisotopic (exact) mass is 440 g/mol. The number of hydrogen-bond acceptors (Lipinski definition) is 6. The molecule has 0 saturated carbocycles. The third-order valence-electron chi connectivity index (χ3n) is 6.49. The van der Waals surface area contributed by atoms with Crippen molar-refractivity contribution in [3.63, 3.8) is 0 Å². The van der Waals surface area contributed by atoms with E-state index in [0.29, 0.717) is 43.1 Å². The van der Waals surface area contributed by atoms with E-state index in [9.17, 15) is 9.59 Å². The molecule has 1 saturated heterocycles. The molecule has 0 bridgehead atoms. The summed E-state index contributed by atoms with van der Waals surface area (Å²) in [5, 5.41) is 3.97. The fourth-order valence-corrected chi connectivity index (χ4v) is 4.59. The zero-order valence-electron chi connectivity index (χ0n) is 19.1. The fraction of sp³-hybridized carbons (Fsp3) is 0.542. The molecule has 8 nitrogen and oxygen atoms in total. The van der Waals surface area contributed by atoms with Gasteiger partial charge in [0.15, 0.2) is 0 Å². The number of fused-ring (bicyclic) bond motifs is 1. The summed E-state index contributed by atoms with van der Waals surface area (Å²) in [4.78, 5) is 30.8. The number of aromatic nitrogens is 2. The zero-order valence-corrected chi connectivity index (χ0v) is 19.1. The first kappa shape index (κ1) is 22.3. The molecular formula is C24H32N4O4. The molecule has 172 valence electrons. The summed E-state index contributed by atoms with van der Waals surface area (Å²) in [6.45, 7) is 12.1. The molecule has 0 radical (unpaired) electrons. The molecule has 1 amide bonds. The van der Waals surface area contributed by atoms with Crippen LogP contribution in [0.25, 0.3) is 0 Å². The minimum absolute atomic E-state index is 0.0531. The van der Waals surface area contributed by atoms with Gasteiger partial charge in [0.05, 0.1) is 11.3 Å². The summed E-state index contributed by atoms with van der Waals surface area (Å²) in [6.07, 6.45) is 5.54. The van der Waals surface area contributed by atoms with Crippen molar-refractivity contribution in [2.75, 3.05) is 32.7 Å². The molecule has 2 aliphatic heterocycles. The van der Waals surface area contributed by atoms with E-state index in [2.05, 4.69) is 16.6 Å². The van der Waals surface area contributed by atoms with Gasteiger partial charge in [-0.1, -0.05) is 17.7 Å². The van der Waals surface area contributed by atoms with Crippen LogP contribution in [-0.2, 0) is 19.6 Å². The average molecular weight is 441 g/mol. The van der Waals surface area contributed by atoms with E-state index in [4.69, 9.17) is 9.26 Å². The van der Waals surface area contributed by atoms with Crippen molar-refractivity contribution < 1.29 is 14.1 Å². The second-order valence-corrected chi connectivity index (χ2v) is 8.60. The van der Waals surface area contributed by atoms with Crippen molar-refractivity contribution in [1.29, 1.82) is 0 Å². The molecule has 2 aromatic rings. The summed E-state index contributed by atoms with van der Waals surface area (Å²) >= 11 is 0. The number of hydrogen-bond donors (Lipinski definition) is 0. The molecule has 0 N–H and O–H groups in total. The van der Waals surface area contributed by atoms with Crippen LogP contribution < -0.4 is 10.3 Å². The van der Waals surface area contributed by atoms with Gasteiger partial charge in [0.2, 0.25) is 0 Å². The normalized spacial score (nSPS) is 17.0. The first-order chi connectivity index (χ1) is 15.5. The van der Waals surface area contributed by atoms with Crippen molar-refractivity contribution in [3.05, 3.63) is 57.4 Å². The maximum atomic E-state index is 13.7. The Labute approximate surface area is 188 Å². The maximum Gasteiger partial charge on any atom is 0.259 e. The Balaban J connectivity index is 1.67. The highest BCUT2D eigenvalue weighted by Crippen LogP contribution is 2.28. The Hall–Kier alpha value is -2.87. The highest BCUT2D eigenvalue weighted by atomic mass is 16.5. The number of carbonyl (C=O) groups is 1. The van der Waals surface area contributed by atoms with Gasteiger partial charge in [-0.2, -0.15) is 0 Å². The second kappa shape index (κ2) is 9.73. The molecule has 0 atom stereocenters. The van der Waals surface area contributed by atoms with E-state index >= 15 is 0 Å². The van der Waals surface area contributed by atoms with Crippen molar-refractivity contribution in [3.8, 4) is 5.75 Å². The summed E-state index contributed by atoms with van der Waals surface area (Å²) in [5.74, 6) is 0.990. The molecule has 4 heterocycles. The van der Waals surface area contributed by atoms with Gasteiger partial charge in [-0.05, 0) is 33.1 Å². The number of rotatable bonds is 6. The van der Waals surface area contributed by atoms with Gasteiger partial charge >= 0.3 is 0 Å². The van der Waals surface area contributed by atoms with E-state index < -0.39 is 0 Å². The quantitative estimate of drug-likeness (QED) is 0.643. The van der Waals surface area contributed by atoms with E-state index in [1.165, 1.54) is 6.07 Å². The van der Waals surface area contributed by atoms with Gasteiger partial charge in [0.1, 0.15) is 23.7 Å². The van der Waals surface area contributed by atoms with Gasteiger partial charge in [-0.15, -0.1) is 6.58 Å². The smallest absolute Gasteiger partial charge is 0.259 e. The van der Waals surface area contributed by atoms with Crippen LogP contribution >= 0.6 is 0 Å². The average Bonchev–Trinajstić information content (AvgIpc) is 2.96. The first-order valence-corrected chi connectivity index (χ1v) is 11.4. The number of carbonyl (C=O) groups excluding carboxylic acids is 1. The van der Waals surface area contributed by atoms with E-state index in [0.717, 1.165) is 55.8 Å². The second-order valence-electron chi connectivity index (χ2n) is 8.60. The van der Waals surface area contributed by atoms with Crippen molar-refractivity contribution in [2.45, 2.75) is 52.7 Å². The lowest BCUT2D eigenvalue weighted by atomic mass is 10.1. The largest absolute Gasteiger partial charge is 0.488 e. The highest BCUT2D eigenvalue weighted by molar-refractivity contribution is 5.98. The lowest BCUT2D eigenvalue weighted by molar-refractivity contribution is 0.0643. The molecule has 4 rings (SSSR count). The predicted molar refractivity (Wildman–Crippen MR) is 121 cm³/mol. The number of aryl methyl sites for hydroxylation is 2. The lowest BCUT2D eigenvalue weighted by Crippen LogP contribution is -2.49. The zero-order chi connectivity index (χ0) is 22.7. The minimum atomic E-state index is -0.108. The molecule has 2 aliphatic rings. The Morgan fingerprint density at radius 3 is 2.66 bits per heavy atom. The van der Waals surface area contributed by atoms with Crippen molar-refractivity contribution in [2.24, 2.45) is 0 Å². The van der Waals surface area contributed by atoms with Crippen LogP contribution in [0.1, 0.15) is 52.3 Å². The Morgan fingerprint density at radius 2 is 1.97 bits per heavy atom. The number of piperazine rings is 1. The summed E-state index contributed by atoms with van der Waals surface area (Å²) in [5.41, 5.74) is 2.83. The summed E-state index contributed by atoms with van der Waals surface area (Å²) in [6, 6.07) is 1.48. The SMILES string of the molecule is C=CCN1CCN(C(=O)c2c(OCc3c(C)noc3C)cc(=O)n3c2CCCCC3)CC1. The van der Waals surface area contributed by atoms with Crippen LogP contribution in [0.4, 0.5) is 0 Å².